The fourth-order valence-electron chi connectivity index (χ4n) is 0.390. The summed E-state index contributed by atoms with van der Waals surface area (Å²) in [5.41, 5.74) is 6.74. The van der Waals surface area contributed by atoms with Gasteiger partial charge in [-0.3, -0.25) is 5.73 Å². The Morgan fingerprint density at radius 2 is 2.29 bits per heavy atom. The van der Waals surface area contributed by atoms with Crippen molar-refractivity contribution < 1.29 is 0 Å². The zero-order valence-electron chi connectivity index (χ0n) is 4.83. The van der Waals surface area contributed by atoms with Gasteiger partial charge in [-0.25, -0.2) is 0 Å². The highest BCUT2D eigenvalue weighted by Gasteiger charge is 1.77. The maximum absolute atomic E-state index is 6.74. The van der Waals surface area contributed by atoms with Crippen molar-refractivity contribution in [3.05, 3.63) is 0 Å². The molecule has 43 valence electrons. The van der Waals surface area contributed by atoms with E-state index in [1.807, 2.05) is 0 Å². The molecule has 0 unspecified atom stereocenters. The monoisotopic (exact) mass is 101 g/mol. The summed E-state index contributed by atoms with van der Waals surface area (Å²) in [5.74, 6) is 0. The van der Waals surface area contributed by atoms with Crippen molar-refractivity contribution in [1.82, 2.24) is 11.1 Å². The third-order valence-electron chi connectivity index (χ3n) is 0.780. The molecule has 0 aromatic carbocycles. The topological polar surface area (TPSA) is 35.8 Å². The van der Waals surface area contributed by atoms with E-state index in [1.54, 1.807) is 0 Å². The smallest absolute Gasteiger partial charge is 0.0112 e. The Bertz CT molecular complexity index is 25.3. The fourth-order valence-corrected chi connectivity index (χ4v) is 0.390. The molecule has 0 heterocycles. The molecule has 0 atom stereocenters. The molecule has 0 aliphatic carbocycles. The fraction of sp³-hybridized carbons (Fsp3) is 1.00. The van der Waals surface area contributed by atoms with E-state index in [0.717, 1.165) is 19.5 Å². The van der Waals surface area contributed by atoms with Gasteiger partial charge in [0.1, 0.15) is 0 Å². The second kappa shape index (κ2) is 5.92. The maximum atomic E-state index is 6.74. The van der Waals surface area contributed by atoms with Crippen LogP contribution in [0.15, 0.2) is 0 Å². The highest BCUT2D eigenvalue weighted by Crippen LogP contribution is 1.67. The molecule has 0 aromatic heterocycles. The van der Waals surface area contributed by atoms with Gasteiger partial charge in [0.2, 0.25) is 0 Å². The molecule has 0 saturated heterocycles. The van der Waals surface area contributed by atoms with Gasteiger partial charge < -0.3 is 5.32 Å². The molecular weight excluding hydrogens is 88.1 g/mol. The molecule has 0 rings (SSSR count). The largest absolute Gasteiger partial charge is 0.317 e. The first-order chi connectivity index (χ1) is 3.41. The average molecular weight is 101 g/mol. The minimum absolute atomic E-state index is 0.549. The van der Waals surface area contributed by atoms with Gasteiger partial charge >= 0.3 is 0 Å². The zero-order chi connectivity index (χ0) is 5.54. The van der Waals surface area contributed by atoms with Crippen molar-refractivity contribution in [3.63, 3.8) is 0 Å². The second-order valence-corrected chi connectivity index (χ2v) is 1.46. The Morgan fingerprint density at radius 3 is 2.71 bits per heavy atom. The van der Waals surface area contributed by atoms with Crippen LogP contribution >= 0.6 is 0 Å². The van der Waals surface area contributed by atoms with Crippen LogP contribution in [0, 0.1) is 0 Å². The molecular formula is C5H13N2. The van der Waals surface area contributed by atoms with E-state index in [4.69, 9.17) is 5.73 Å². The van der Waals surface area contributed by atoms with E-state index < -0.39 is 0 Å². The lowest BCUT2D eigenvalue weighted by Gasteiger charge is -1.94. The molecule has 0 fully saturated rings. The van der Waals surface area contributed by atoms with Crippen molar-refractivity contribution in [3.8, 4) is 0 Å². The first-order valence-electron chi connectivity index (χ1n) is 2.77. The van der Waals surface area contributed by atoms with Gasteiger partial charge in [-0.2, -0.15) is 0 Å². The van der Waals surface area contributed by atoms with Crippen molar-refractivity contribution >= 4 is 0 Å². The van der Waals surface area contributed by atoms with Gasteiger partial charge in [-0.1, -0.05) is 6.92 Å². The first kappa shape index (κ1) is 6.92. The van der Waals surface area contributed by atoms with E-state index in [-0.39, 0.29) is 0 Å². The predicted molar refractivity (Wildman–Crippen MR) is 31.1 cm³/mol. The van der Waals surface area contributed by atoms with E-state index in [0.29, 0.717) is 6.54 Å². The van der Waals surface area contributed by atoms with Crippen molar-refractivity contribution in [1.29, 1.82) is 0 Å². The summed E-state index contributed by atoms with van der Waals surface area (Å²) >= 11 is 0. The van der Waals surface area contributed by atoms with Crippen LogP contribution in [-0.2, 0) is 0 Å². The Hall–Kier alpha value is -0.0800. The SMILES string of the molecule is CCNCCC[NH]. The van der Waals surface area contributed by atoms with Gasteiger partial charge in [0, 0.05) is 6.54 Å². The van der Waals surface area contributed by atoms with Gasteiger partial charge in [0.05, 0.1) is 0 Å². The summed E-state index contributed by atoms with van der Waals surface area (Å²) in [4.78, 5) is 0. The molecule has 0 aromatic rings. The first-order valence-corrected chi connectivity index (χ1v) is 2.77. The molecule has 7 heavy (non-hydrogen) atoms. The number of hydrogen-bond donors (Lipinski definition) is 1. The maximum Gasteiger partial charge on any atom is 0.0112 e. The Labute approximate surface area is 45.1 Å². The van der Waals surface area contributed by atoms with Crippen LogP contribution in [0.1, 0.15) is 13.3 Å². The minimum atomic E-state index is 0.549. The molecule has 0 bridgehead atoms. The quantitative estimate of drug-likeness (QED) is 0.507. The van der Waals surface area contributed by atoms with Crippen LogP contribution in [0.4, 0.5) is 0 Å². The van der Waals surface area contributed by atoms with E-state index in [1.165, 1.54) is 0 Å². The van der Waals surface area contributed by atoms with Crippen LogP contribution in [0.5, 0.6) is 0 Å². The Kier molecular flexibility index (Phi) is 5.85. The number of nitrogens with one attached hydrogen (secondary N) is 2. The molecule has 2 N–H and O–H groups in total. The molecule has 2 heteroatoms. The lowest BCUT2D eigenvalue weighted by molar-refractivity contribution is 0.674. The molecule has 0 aliphatic heterocycles. The summed E-state index contributed by atoms with van der Waals surface area (Å²) in [6.07, 6.45) is 0.980. The van der Waals surface area contributed by atoms with Crippen LogP contribution in [-0.4, -0.2) is 19.6 Å². The van der Waals surface area contributed by atoms with Crippen LogP contribution in [0.25, 0.3) is 0 Å². The van der Waals surface area contributed by atoms with E-state index >= 15 is 0 Å². The highest BCUT2D eigenvalue weighted by molar-refractivity contribution is 4.41. The Morgan fingerprint density at radius 1 is 1.57 bits per heavy atom. The number of hydrogen-bond acceptors (Lipinski definition) is 1. The van der Waals surface area contributed by atoms with Crippen LogP contribution < -0.4 is 11.1 Å². The van der Waals surface area contributed by atoms with Gasteiger partial charge in [0.15, 0.2) is 0 Å². The third-order valence-corrected chi connectivity index (χ3v) is 0.780. The lowest BCUT2D eigenvalue weighted by Crippen LogP contribution is -2.15. The molecule has 1 radical (unpaired) electrons. The summed E-state index contributed by atoms with van der Waals surface area (Å²) in [7, 11) is 0. The minimum Gasteiger partial charge on any atom is -0.317 e. The average Bonchev–Trinajstić information content (AvgIpc) is 1.69. The van der Waals surface area contributed by atoms with Crippen molar-refractivity contribution in [2.24, 2.45) is 0 Å². The lowest BCUT2D eigenvalue weighted by atomic mass is 10.4. The van der Waals surface area contributed by atoms with E-state index in [2.05, 4.69) is 12.2 Å². The highest BCUT2D eigenvalue weighted by atomic mass is 14.8. The second-order valence-electron chi connectivity index (χ2n) is 1.46. The van der Waals surface area contributed by atoms with Crippen LogP contribution in [0.3, 0.4) is 0 Å². The summed E-state index contributed by atoms with van der Waals surface area (Å²) in [6.45, 7) is 4.65. The van der Waals surface area contributed by atoms with Gasteiger partial charge in [-0.05, 0) is 19.5 Å². The summed E-state index contributed by atoms with van der Waals surface area (Å²) in [6, 6.07) is 0. The summed E-state index contributed by atoms with van der Waals surface area (Å²) < 4.78 is 0. The van der Waals surface area contributed by atoms with Crippen LogP contribution in [0.2, 0.25) is 0 Å². The predicted octanol–water partition coefficient (Wildman–Crippen LogP) is 0.269. The van der Waals surface area contributed by atoms with Gasteiger partial charge in [0.25, 0.3) is 0 Å². The Balaban J connectivity index is 2.45. The normalized spacial score (nSPS) is 9.43. The molecule has 0 saturated carbocycles. The standard InChI is InChI=1S/C5H13N2/c1-2-7-5-3-4-6/h6-7H,2-5H2,1H3. The summed E-state index contributed by atoms with van der Waals surface area (Å²) in [5, 5.41) is 3.13. The van der Waals surface area contributed by atoms with Gasteiger partial charge in [-0.15, -0.1) is 0 Å². The molecule has 2 nitrogen and oxygen atoms in total. The van der Waals surface area contributed by atoms with E-state index in [9.17, 15) is 0 Å². The molecule has 0 spiro atoms. The van der Waals surface area contributed by atoms with Crippen molar-refractivity contribution in [2.75, 3.05) is 19.6 Å². The van der Waals surface area contributed by atoms with Crippen molar-refractivity contribution in [2.45, 2.75) is 13.3 Å². The molecule has 0 aliphatic rings. The third kappa shape index (κ3) is 5.92. The molecule has 0 amide bonds. The zero-order valence-corrected chi connectivity index (χ0v) is 4.83. The number of rotatable bonds is 4.